The van der Waals surface area contributed by atoms with Crippen molar-refractivity contribution in [2.45, 2.75) is 33.2 Å². The fourth-order valence-corrected chi connectivity index (χ4v) is 3.62. The highest BCUT2D eigenvalue weighted by Gasteiger charge is 2.26. The summed E-state index contributed by atoms with van der Waals surface area (Å²) in [6.07, 6.45) is 8.65. The van der Waals surface area contributed by atoms with Gasteiger partial charge in [0.25, 0.3) is 0 Å². The Kier molecular flexibility index (Phi) is 7.22. The highest BCUT2D eigenvalue weighted by molar-refractivity contribution is 5.92. The van der Waals surface area contributed by atoms with Crippen LogP contribution in [0.15, 0.2) is 48.8 Å². The zero-order valence-corrected chi connectivity index (χ0v) is 17.3. The van der Waals surface area contributed by atoms with E-state index >= 15 is 0 Å². The van der Waals surface area contributed by atoms with Crippen LogP contribution in [0.4, 0.5) is 0 Å². The van der Waals surface area contributed by atoms with Crippen molar-refractivity contribution < 1.29 is 9.59 Å². The summed E-state index contributed by atoms with van der Waals surface area (Å²) < 4.78 is 2.10. The van der Waals surface area contributed by atoms with Gasteiger partial charge in [-0.2, -0.15) is 0 Å². The predicted octanol–water partition coefficient (Wildman–Crippen LogP) is 2.90. The SMILES string of the molecule is Cc1nccn1C[C@H](C)CNC(=O)C1CCN(C(=O)/C=C\c2ccccc2)CC1. The second-order valence-corrected chi connectivity index (χ2v) is 7.82. The molecule has 1 aliphatic rings. The first-order chi connectivity index (χ1) is 14.0. The third-order valence-electron chi connectivity index (χ3n) is 5.45. The number of benzene rings is 1. The molecule has 1 fully saturated rings. The molecule has 6 heteroatoms. The van der Waals surface area contributed by atoms with Crippen molar-refractivity contribution in [2.75, 3.05) is 19.6 Å². The standard InChI is InChI=1S/C23H30N4O2/c1-18(17-27-15-12-24-19(27)2)16-25-23(29)21-10-13-26(14-11-21)22(28)9-8-20-6-4-3-5-7-20/h3-9,12,15,18,21H,10-11,13-14,16-17H2,1-2H3,(H,25,29)/b9-8-/t18-/m1/s1. The molecule has 1 atom stereocenters. The molecule has 1 saturated heterocycles. The molecular formula is C23H30N4O2. The van der Waals surface area contributed by atoms with Gasteiger partial charge in [-0.25, -0.2) is 4.98 Å². The highest BCUT2D eigenvalue weighted by Crippen LogP contribution is 2.18. The van der Waals surface area contributed by atoms with E-state index in [1.54, 1.807) is 12.3 Å². The lowest BCUT2D eigenvalue weighted by atomic mass is 9.95. The zero-order chi connectivity index (χ0) is 20.6. The number of rotatable bonds is 7. The molecule has 154 valence electrons. The number of piperidine rings is 1. The van der Waals surface area contributed by atoms with Gasteiger partial charge in [-0.15, -0.1) is 0 Å². The molecule has 3 rings (SSSR count). The van der Waals surface area contributed by atoms with E-state index in [9.17, 15) is 9.59 Å². The maximum atomic E-state index is 12.5. The maximum absolute atomic E-state index is 12.5. The number of hydrogen-bond acceptors (Lipinski definition) is 3. The van der Waals surface area contributed by atoms with E-state index in [2.05, 4.69) is 21.8 Å². The number of aryl methyl sites for hydroxylation is 1. The number of carbonyl (C=O) groups is 2. The van der Waals surface area contributed by atoms with Gasteiger partial charge in [0.05, 0.1) is 0 Å². The summed E-state index contributed by atoms with van der Waals surface area (Å²) in [4.78, 5) is 30.9. The molecule has 0 aliphatic carbocycles. The molecule has 0 radical (unpaired) electrons. The van der Waals surface area contributed by atoms with E-state index in [-0.39, 0.29) is 17.7 Å². The molecule has 29 heavy (non-hydrogen) atoms. The van der Waals surface area contributed by atoms with E-state index in [1.165, 1.54) is 0 Å². The molecule has 0 unspecified atom stereocenters. The first-order valence-corrected chi connectivity index (χ1v) is 10.3. The molecule has 0 bridgehead atoms. The van der Waals surface area contributed by atoms with Gasteiger partial charge in [0.2, 0.25) is 11.8 Å². The van der Waals surface area contributed by atoms with Gasteiger partial charge in [0.1, 0.15) is 5.82 Å². The smallest absolute Gasteiger partial charge is 0.246 e. The molecule has 1 aliphatic heterocycles. The fourth-order valence-electron chi connectivity index (χ4n) is 3.62. The Balaban J connectivity index is 1.39. The Hall–Kier alpha value is -2.89. The molecule has 1 aromatic carbocycles. The molecule has 0 saturated carbocycles. The maximum Gasteiger partial charge on any atom is 0.246 e. The molecule has 1 aromatic heterocycles. The average Bonchev–Trinajstić information content (AvgIpc) is 3.15. The van der Waals surface area contributed by atoms with Crippen molar-refractivity contribution in [3.05, 3.63) is 60.2 Å². The van der Waals surface area contributed by atoms with Crippen LogP contribution in [0.3, 0.4) is 0 Å². The molecular weight excluding hydrogens is 364 g/mol. The minimum absolute atomic E-state index is 0.0111. The Morgan fingerprint density at radius 2 is 1.97 bits per heavy atom. The summed E-state index contributed by atoms with van der Waals surface area (Å²) >= 11 is 0. The van der Waals surface area contributed by atoms with Gasteiger partial charge in [-0.05, 0) is 37.3 Å². The van der Waals surface area contributed by atoms with Crippen molar-refractivity contribution in [3.8, 4) is 0 Å². The number of likely N-dealkylation sites (tertiary alicyclic amines) is 1. The quantitative estimate of drug-likeness (QED) is 0.735. The number of nitrogens with zero attached hydrogens (tertiary/aromatic N) is 3. The number of nitrogens with one attached hydrogen (secondary N) is 1. The summed E-state index contributed by atoms with van der Waals surface area (Å²) in [5.74, 6) is 1.42. The summed E-state index contributed by atoms with van der Waals surface area (Å²) in [5.41, 5.74) is 1.01. The number of amides is 2. The van der Waals surface area contributed by atoms with Crippen LogP contribution in [-0.2, 0) is 16.1 Å². The summed E-state index contributed by atoms with van der Waals surface area (Å²) in [6, 6.07) is 9.79. The average molecular weight is 395 g/mol. The Morgan fingerprint density at radius 3 is 2.62 bits per heavy atom. The van der Waals surface area contributed by atoms with Crippen molar-refractivity contribution in [3.63, 3.8) is 0 Å². The van der Waals surface area contributed by atoms with Crippen LogP contribution >= 0.6 is 0 Å². The van der Waals surface area contributed by atoms with Gasteiger partial charge in [-0.1, -0.05) is 37.3 Å². The van der Waals surface area contributed by atoms with E-state index in [0.29, 0.717) is 38.4 Å². The lowest BCUT2D eigenvalue weighted by molar-refractivity contribution is -0.132. The number of carbonyl (C=O) groups excluding carboxylic acids is 2. The van der Waals surface area contributed by atoms with Gasteiger partial charge < -0.3 is 14.8 Å². The molecule has 2 aromatic rings. The van der Waals surface area contributed by atoms with Crippen LogP contribution in [0.25, 0.3) is 6.08 Å². The summed E-state index contributed by atoms with van der Waals surface area (Å²) in [6.45, 7) is 6.84. The monoisotopic (exact) mass is 394 g/mol. The van der Waals surface area contributed by atoms with Crippen molar-refractivity contribution in [1.29, 1.82) is 0 Å². The first kappa shape index (κ1) is 20.8. The van der Waals surface area contributed by atoms with Crippen LogP contribution < -0.4 is 5.32 Å². The minimum Gasteiger partial charge on any atom is -0.356 e. The fraction of sp³-hybridized carbons (Fsp3) is 0.435. The Labute approximate surface area is 172 Å². The second-order valence-electron chi connectivity index (χ2n) is 7.82. The lowest BCUT2D eigenvalue weighted by Gasteiger charge is -2.31. The van der Waals surface area contributed by atoms with E-state index in [4.69, 9.17) is 0 Å². The predicted molar refractivity (Wildman–Crippen MR) is 114 cm³/mol. The van der Waals surface area contributed by atoms with Gasteiger partial charge in [0.15, 0.2) is 0 Å². The normalized spacial score (nSPS) is 16.1. The lowest BCUT2D eigenvalue weighted by Crippen LogP contribution is -2.43. The van der Waals surface area contributed by atoms with Crippen molar-refractivity contribution in [2.24, 2.45) is 11.8 Å². The highest BCUT2D eigenvalue weighted by atomic mass is 16.2. The summed E-state index contributed by atoms with van der Waals surface area (Å²) in [7, 11) is 0. The first-order valence-electron chi connectivity index (χ1n) is 10.3. The van der Waals surface area contributed by atoms with Crippen molar-refractivity contribution >= 4 is 17.9 Å². The van der Waals surface area contributed by atoms with Gasteiger partial charge in [0, 0.05) is 50.6 Å². The van der Waals surface area contributed by atoms with Crippen LogP contribution in [0.2, 0.25) is 0 Å². The minimum atomic E-state index is -0.0145. The van der Waals surface area contributed by atoms with E-state index in [0.717, 1.165) is 17.9 Å². The third-order valence-corrected chi connectivity index (χ3v) is 5.45. The molecule has 6 nitrogen and oxygen atoms in total. The molecule has 2 heterocycles. The van der Waals surface area contributed by atoms with Gasteiger partial charge in [-0.3, -0.25) is 9.59 Å². The molecule has 1 N–H and O–H groups in total. The topological polar surface area (TPSA) is 67.2 Å². The largest absolute Gasteiger partial charge is 0.356 e. The van der Waals surface area contributed by atoms with Crippen LogP contribution in [0.5, 0.6) is 0 Å². The van der Waals surface area contributed by atoms with E-state index < -0.39 is 0 Å². The molecule has 0 spiro atoms. The number of aromatic nitrogens is 2. The van der Waals surface area contributed by atoms with Crippen LogP contribution in [0, 0.1) is 18.8 Å². The Morgan fingerprint density at radius 1 is 1.24 bits per heavy atom. The second kappa shape index (κ2) is 10.0. The van der Waals surface area contributed by atoms with Crippen LogP contribution in [-0.4, -0.2) is 45.9 Å². The number of hydrogen-bond donors (Lipinski definition) is 1. The number of imidazole rings is 1. The summed E-state index contributed by atoms with van der Waals surface area (Å²) in [5, 5.41) is 3.08. The van der Waals surface area contributed by atoms with Gasteiger partial charge >= 0.3 is 0 Å². The van der Waals surface area contributed by atoms with E-state index in [1.807, 2.05) is 54.4 Å². The Bertz CT molecular complexity index is 836. The van der Waals surface area contributed by atoms with Crippen LogP contribution in [0.1, 0.15) is 31.2 Å². The third kappa shape index (κ3) is 6.04. The molecule has 2 amide bonds. The zero-order valence-electron chi connectivity index (χ0n) is 17.3. The van der Waals surface area contributed by atoms with Crippen molar-refractivity contribution in [1.82, 2.24) is 19.8 Å².